The highest BCUT2D eigenvalue weighted by atomic mass is 16.2. The van der Waals surface area contributed by atoms with Gasteiger partial charge >= 0.3 is 0 Å². The number of carbonyl (C=O) groups excluding carboxylic acids is 2. The summed E-state index contributed by atoms with van der Waals surface area (Å²) in [6.45, 7) is 1.82. The van der Waals surface area contributed by atoms with Crippen LogP contribution in [0.15, 0.2) is 97.3 Å². The number of carbonyl (C=O) groups is 2. The van der Waals surface area contributed by atoms with Gasteiger partial charge in [-0.3, -0.25) is 9.59 Å². The standard InChI is InChI=1S/C25H20O3/c1-2-3-24(27)22-12-8-20(9-13-22)18-4-6-19(7-5-18)21-10-14-23(15-11-21)25(28)16-17-26/h2-17,26H,1H3/b3-2-,17-16-. The molecule has 0 amide bonds. The normalized spacial score (nSPS) is 11.2. The maximum atomic E-state index is 11.9. The summed E-state index contributed by atoms with van der Waals surface area (Å²) in [6.07, 6.45) is 5.17. The van der Waals surface area contributed by atoms with E-state index in [0.717, 1.165) is 34.6 Å². The van der Waals surface area contributed by atoms with Crippen molar-refractivity contribution in [2.24, 2.45) is 0 Å². The van der Waals surface area contributed by atoms with Crippen LogP contribution in [0.3, 0.4) is 0 Å². The minimum atomic E-state index is -0.235. The second-order valence-corrected chi connectivity index (χ2v) is 6.28. The van der Waals surface area contributed by atoms with Gasteiger partial charge in [-0.25, -0.2) is 0 Å². The van der Waals surface area contributed by atoms with Crippen molar-refractivity contribution in [1.82, 2.24) is 0 Å². The van der Waals surface area contributed by atoms with Crippen molar-refractivity contribution in [3.63, 3.8) is 0 Å². The predicted octanol–water partition coefficient (Wildman–Crippen LogP) is 6.03. The van der Waals surface area contributed by atoms with Gasteiger partial charge in [-0.1, -0.05) is 78.9 Å². The van der Waals surface area contributed by atoms with Crippen LogP contribution in [0.2, 0.25) is 0 Å². The van der Waals surface area contributed by atoms with Gasteiger partial charge < -0.3 is 5.11 Å². The summed E-state index contributed by atoms with van der Waals surface area (Å²) in [5, 5.41) is 8.70. The van der Waals surface area contributed by atoms with Crippen molar-refractivity contribution in [1.29, 1.82) is 0 Å². The molecule has 3 nitrogen and oxygen atoms in total. The Kier molecular flexibility index (Phi) is 5.97. The third-order valence-electron chi connectivity index (χ3n) is 4.43. The lowest BCUT2D eigenvalue weighted by molar-refractivity contribution is 0.103. The largest absolute Gasteiger partial charge is 0.515 e. The second-order valence-electron chi connectivity index (χ2n) is 6.28. The van der Waals surface area contributed by atoms with E-state index in [2.05, 4.69) is 0 Å². The maximum absolute atomic E-state index is 11.9. The van der Waals surface area contributed by atoms with E-state index >= 15 is 0 Å². The zero-order valence-electron chi connectivity index (χ0n) is 15.5. The number of allylic oxidation sites excluding steroid dienone is 3. The van der Waals surface area contributed by atoms with Crippen LogP contribution >= 0.6 is 0 Å². The molecule has 3 aromatic carbocycles. The highest BCUT2D eigenvalue weighted by Gasteiger charge is 2.05. The van der Waals surface area contributed by atoms with Crippen molar-refractivity contribution < 1.29 is 14.7 Å². The summed E-state index contributed by atoms with van der Waals surface area (Å²) in [7, 11) is 0. The first-order valence-electron chi connectivity index (χ1n) is 8.95. The van der Waals surface area contributed by atoms with Gasteiger partial charge in [-0.05, 0) is 35.3 Å². The SMILES string of the molecule is C/C=C\C(=O)c1ccc(-c2ccc(-c3ccc(C(=O)/C=C\O)cc3)cc2)cc1. The maximum Gasteiger partial charge on any atom is 0.188 e. The van der Waals surface area contributed by atoms with E-state index in [1.54, 1.807) is 24.3 Å². The summed E-state index contributed by atoms with van der Waals surface area (Å²) < 4.78 is 0. The van der Waals surface area contributed by atoms with Crippen LogP contribution in [0.1, 0.15) is 27.6 Å². The van der Waals surface area contributed by atoms with Crippen LogP contribution in [-0.4, -0.2) is 16.7 Å². The molecule has 0 fully saturated rings. The monoisotopic (exact) mass is 368 g/mol. The number of ketones is 2. The van der Waals surface area contributed by atoms with E-state index in [1.165, 1.54) is 0 Å². The third-order valence-corrected chi connectivity index (χ3v) is 4.43. The molecule has 0 bridgehead atoms. The first-order chi connectivity index (χ1) is 13.6. The number of rotatable bonds is 6. The lowest BCUT2D eigenvalue weighted by Crippen LogP contribution is -1.94. The van der Waals surface area contributed by atoms with Gasteiger partial charge in [-0.15, -0.1) is 0 Å². The fourth-order valence-corrected chi connectivity index (χ4v) is 2.92. The number of aliphatic hydroxyl groups excluding tert-OH is 1. The average molecular weight is 368 g/mol. The Bertz CT molecular complexity index is 936. The molecule has 0 aromatic heterocycles. The fraction of sp³-hybridized carbons (Fsp3) is 0.0400. The van der Waals surface area contributed by atoms with Gasteiger partial charge in [0.1, 0.15) is 0 Å². The van der Waals surface area contributed by atoms with Crippen molar-refractivity contribution in [2.75, 3.05) is 0 Å². The van der Waals surface area contributed by atoms with E-state index < -0.39 is 0 Å². The lowest BCUT2D eigenvalue weighted by Gasteiger charge is -2.06. The molecule has 0 aliphatic heterocycles. The van der Waals surface area contributed by atoms with Crippen molar-refractivity contribution >= 4 is 11.6 Å². The Morgan fingerprint density at radius 3 is 1.25 bits per heavy atom. The Balaban J connectivity index is 1.78. The van der Waals surface area contributed by atoms with Crippen molar-refractivity contribution in [3.05, 3.63) is 108 Å². The van der Waals surface area contributed by atoms with E-state index in [0.29, 0.717) is 11.1 Å². The molecule has 138 valence electrons. The quantitative estimate of drug-likeness (QED) is 0.328. The Morgan fingerprint density at radius 2 is 0.929 bits per heavy atom. The molecule has 0 aliphatic carbocycles. The third kappa shape index (κ3) is 4.33. The van der Waals surface area contributed by atoms with Gasteiger partial charge in [0.25, 0.3) is 0 Å². The van der Waals surface area contributed by atoms with E-state index in [-0.39, 0.29) is 11.6 Å². The van der Waals surface area contributed by atoms with Crippen LogP contribution < -0.4 is 0 Å². The molecule has 28 heavy (non-hydrogen) atoms. The average Bonchev–Trinajstić information content (AvgIpc) is 2.74. The Hall–Kier alpha value is -3.72. The van der Waals surface area contributed by atoms with Gasteiger partial charge in [0.05, 0.1) is 6.26 Å². The van der Waals surface area contributed by atoms with E-state index in [9.17, 15) is 9.59 Å². The highest BCUT2D eigenvalue weighted by Crippen LogP contribution is 2.25. The molecule has 0 saturated heterocycles. The Morgan fingerprint density at radius 1 is 0.607 bits per heavy atom. The molecule has 0 radical (unpaired) electrons. The summed E-state index contributed by atoms with van der Waals surface area (Å²) in [5.74, 6) is -0.235. The molecule has 0 spiro atoms. The number of benzene rings is 3. The zero-order chi connectivity index (χ0) is 19.9. The molecule has 3 aromatic rings. The minimum Gasteiger partial charge on any atom is -0.515 e. The van der Waals surface area contributed by atoms with Crippen molar-refractivity contribution in [2.45, 2.75) is 6.92 Å². The second kappa shape index (κ2) is 8.78. The van der Waals surface area contributed by atoms with Gasteiger partial charge in [0.2, 0.25) is 0 Å². The van der Waals surface area contributed by atoms with Crippen LogP contribution in [-0.2, 0) is 0 Å². The van der Waals surface area contributed by atoms with Gasteiger partial charge in [-0.2, -0.15) is 0 Å². The lowest BCUT2D eigenvalue weighted by atomic mass is 9.98. The minimum absolute atomic E-state index is 0.000746. The van der Waals surface area contributed by atoms with Crippen LogP contribution in [0, 0.1) is 0 Å². The zero-order valence-corrected chi connectivity index (χ0v) is 15.5. The van der Waals surface area contributed by atoms with E-state index in [1.807, 2.05) is 67.6 Å². The van der Waals surface area contributed by atoms with Gasteiger partial charge in [0, 0.05) is 17.2 Å². The van der Waals surface area contributed by atoms with Crippen LogP contribution in [0.4, 0.5) is 0 Å². The first kappa shape index (κ1) is 19.1. The smallest absolute Gasteiger partial charge is 0.188 e. The van der Waals surface area contributed by atoms with Crippen LogP contribution in [0.25, 0.3) is 22.3 Å². The topological polar surface area (TPSA) is 54.4 Å². The summed E-state index contributed by atoms with van der Waals surface area (Å²) in [6, 6.07) is 22.9. The van der Waals surface area contributed by atoms with Crippen LogP contribution in [0.5, 0.6) is 0 Å². The molecule has 3 rings (SSSR count). The molecule has 0 saturated carbocycles. The Labute approximate surface area is 164 Å². The summed E-state index contributed by atoms with van der Waals surface area (Å²) in [4.78, 5) is 23.6. The first-order valence-corrected chi connectivity index (χ1v) is 8.95. The van der Waals surface area contributed by atoms with E-state index in [4.69, 9.17) is 5.11 Å². The number of hydrogen-bond acceptors (Lipinski definition) is 3. The summed E-state index contributed by atoms with van der Waals surface area (Å²) in [5.41, 5.74) is 5.35. The predicted molar refractivity (Wildman–Crippen MR) is 113 cm³/mol. The number of hydrogen-bond donors (Lipinski definition) is 1. The van der Waals surface area contributed by atoms with Crippen molar-refractivity contribution in [3.8, 4) is 22.3 Å². The molecule has 3 heteroatoms. The molecule has 1 N–H and O–H groups in total. The summed E-state index contributed by atoms with van der Waals surface area (Å²) >= 11 is 0. The molecular formula is C25H20O3. The molecule has 0 aliphatic rings. The highest BCUT2D eigenvalue weighted by molar-refractivity contribution is 6.05. The molecular weight excluding hydrogens is 348 g/mol. The molecule has 0 heterocycles. The molecule has 0 unspecified atom stereocenters. The number of aliphatic hydroxyl groups is 1. The van der Waals surface area contributed by atoms with Gasteiger partial charge in [0.15, 0.2) is 11.6 Å². The fourth-order valence-electron chi connectivity index (χ4n) is 2.92. The molecule has 0 atom stereocenters.